The third-order valence-corrected chi connectivity index (χ3v) is 3.39. The molecule has 0 aliphatic carbocycles. The maximum Gasteiger partial charge on any atom is 0.223 e. The first kappa shape index (κ1) is 19.2. The van der Waals surface area contributed by atoms with Crippen molar-refractivity contribution in [3.8, 4) is 11.5 Å². The van der Waals surface area contributed by atoms with Gasteiger partial charge in [-0.1, -0.05) is 11.6 Å². The normalized spacial score (nSPS) is 12.6. The summed E-state index contributed by atoms with van der Waals surface area (Å²) in [5, 5.41) is 2.48. The van der Waals surface area contributed by atoms with E-state index < -0.39 is 17.3 Å². The molecule has 23 heavy (non-hydrogen) atoms. The van der Waals surface area contributed by atoms with Crippen molar-refractivity contribution in [1.29, 1.82) is 0 Å². The van der Waals surface area contributed by atoms with Crippen LogP contribution in [0.3, 0.4) is 0 Å². The van der Waals surface area contributed by atoms with Crippen LogP contribution < -0.4 is 14.8 Å². The molecule has 0 heterocycles. The predicted molar refractivity (Wildman–Crippen MR) is 89.3 cm³/mol. The highest BCUT2D eigenvalue weighted by Gasteiger charge is 2.20. The van der Waals surface area contributed by atoms with Crippen molar-refractivity contribution in [3.63, 3.8) is 0 Å². The minimum absolute atomic E-state index is 0.00775. The molecular formula is C14H15Cl2F2N3O2. The van der Waals surface area contributed by atoms with Gasteiger partial charge in [-0.2, -0.15) is 0 Å². The molecule has 0 atom stereocenters. The quantitative estimate of drug-likeness (QED) is 0.467. The Morgan fingerprint density at radius 3 is 2.17 bits per heavy atom. The highest BCUT2D eigenvalue weighted by Crippen LogP contribution is 2.34. The standard InChI is InChI=1S/C14H15Cl2F2N3O2/c1-7(13(15)21-14(16)19-2)6-20-12-10(17)8(22-3)5-9(23-4)11(12)18/h5,20H,2,6H2,1,3-4H3/b13-7+,21-14-. The van der Waals surface area contributed by atoms with Crippen molar-refractivity contribution in [2.75, 3.05) is 26.1 Å². The second-order valence-electron chi connectivity index (χ2n) is 4.25. The van der Waals surface area contributed by atoms with E-state index in [2.05, 4.69) is 22.0 Å². The maximum atomic E-state index is 14.2. The topological polar surface area (TPSA) is 55.2 Å². The number of ether oxygens (including phenoxy) is 2. The molecule has 0 spiro atoms. The van der Waals surface area contributed by atoms with Crippen LogP contribution >= 0.6 is 23.2 Å². The van der Waals surface area contributed by atoms with Crippen molar-refractivity contribution < 1.29 is 18.3 Å². The second kappa shape index (κ2) is 8.69. The summed E-state index contributed by atoms with van der Waals surface area (Å²) in [5.41, 5.74) is 0.0796. The molecule has 0 fully saturated rings. The molecule has 5 nitrogen and oxygen atoms in total. The van der Waals surface area contributed by atoms with Crippen molar-refractivity contribution in [1.82, 2.24) is 0 Å². The fourth-order valence-electron chi connectivity index (χ4n) is 1.55. The van der Waals surface area contributed by atoms with Gasteiger partial charge in [-0.25, -0.2) is 18.8 Å². The fraction of sp³-hybridized carbons (Fsp3) is 0.286. The Kier molecular flexibility index (Phi) is 7.25. The van der Waals surface area contributed by atoms with Gasteiger partial charge in [0.1, 0.15) is 10.8 Å². The molecule has 0 amide bonds. The Morgan fingerprint density at radius 1 is 1.22 bits per heavy atom. The molecule has 126 valence electrons. The number of benzene rings is 1. The lowest BCUT2D eigenvalue weighted by atomic mass is 10.2. The molecule has 1 rings (SSSR count). The minimum atomic E-state index is -0.885. The zero-order valence-corrected chi connectivity index (χ0v) is 14.2. The van der Waals surface area contributed by atoms with Gasteiger partial charge in [0.05, 0.1) is 14.2 Å². The Labute approximate surface area is 142 Å². The fourth-order valence-corrected chi connectivity index (χ4v) is 1.82. The van der Waals surface area contributed by atoms with Crippen LogP contribution in [0.25, 0.3) is 0 Å². The number of nitrogens with zero attached hydrogens (tertiary/aromatic N) is 2. The molecule has 1 N–H and O–H groups in total. The van der Waals surface area contributed by atoms with E-state index in [1.54, 1.807) is 6.92 Å². The molecule has 9 heteroatoms. The molecule has 0 saturated carbocycles. The molecule has 0 unspecified atom stereocenters. The van der Waals surface area contributed by atoms with Crippen LogP contribution in [-0.2, 0) is 0 Å². The molecule has 0 aromatic heterocycles. The Balaban J connectivity index is 3.10. The smallest absolute Gasteiger partial charge is 0.223 e. The number of amidine groups is 1. The van der Waals surface area contributed by atoms with Crippen LogP contribution in [0.5, 0.6) is 11.5 Å². The van der Waals surface area contributed by atoms with Crippen molar-refractivity contribution >= 4 is 40.9 Å². The number of anilines is 1. The largest absolute Gasteiger partial charge is 0.493 e. The highest BCUT2D eigenvalue weighted by atomic mass is 35.5. The summed E-state index contributed by atoms with van der Waals surface area (Å²) >= 11 is 11.5. The summed E-state index contributed by atoms with van der Waals surface area (Å²) in [6.45, 7) is 4.81. The predicted octanol–water partition coefficient (Wildman–Crippen LogP) is 4.16. The lowest BCUT2D eigenvalue weighted by molar-refractivity contribution is 0.360. The average molecular weight is 366 g/mol. The van der Waals surface area contributed by atoms with E-state index in [1.807, 2.05) is 0 Å². The molecule has 0 aliphatic heterocycles. The van der Waals surface area contributed by atoms with E-state index in [-0.39, 0.29) is 28.5 Å². The van der Waals surface area contributed by atoms with Gasteiger partial charge in [0.15, 0.2) is 23.1 Å². The van der Waals surface area contributed by atoms with E-state index >= 15 is 0 Å². The third-order valence-electron chi connectivity index (χ3n) is 2.78. The average Bonchev–Trinajstić information content (AvgIpc) is 2.54. The lowest BCUT2D eigenvalue weighted by Gasteiger charge is -2.14. The third kappa shape index (κ3) is 4.80. The van der Waals surface area contributed by atoms with Gasteiger partial charge >= 0.3 is 0 Å². The number of hydrogen-bond acceptors (Lipinski definition) is 4. The van der Waals surface area contributed by atoms with Crippen LogP contribution in [0.1, 0.15) is 6.92 Å². The van der Waals surface area contributed by atoms with Gasteiger partial charge in [0.25, 0.3) is 0 Å². The molecule has 0 radical (unpaired) electrons. The Hall–Kier alpha value is -1.86. The van der Waals surface area contributed by atoms with Crippen LogP contribution in [0.15, 0.2) is 26.8 Å². The second-order valence-corrected chi connectivity index (χ2v) is 4.94. The minimum Gasteiger partial charge on any atom is -0.493 e. The molecular weight excluding hydrogens is 351 g/mol. The number of rotatable bonds is 6. The van der Waals surface area contributed by atoms with Crippen LogP contribution in [0.4, 0.5) is 14.5 Å². The van der Waals surface area contributed by atoms with Gasteiger partial charge < -0.3 is 14.8 Å². The van der Waals surface area contributed by atoms with E-state index in [0.717, 1.165) is 6.07 Å². The number of nitrogens with one attached hydrogen (secondary N) is 1. The van der Waals surface area contributed by atoms with Crippen LogP contribution in [0, 0.1) is 11.6 Å². The first-order chi connectivity index (χ1) is 10.8. The molecule has 0 aliphatic rings. The molecule has 0 saturated heterocycles. The van der Waals surface area contributed by atoms with E-state index in [4.69, 9.17) is 32.7 Å². The zero-order chi connectivity index (χ0) is 17.6. The number of hydrogen-bond donors (Lipinski definition) is 1. The lowest BCUT2D eigenvalue weighted by Crippen LogP contribution is -2.09. The summed E-state index contributed by atoms with van der Waals surface area (Å²) < 4.78 is 38.0. The monoisotopic (exact) mass is 365 g/mol. The highest BCUT2D eigenvalue weighted by molar-refractivity contribution is 6.65. The van der Waals surface area contributed by atoms with E-state index in [0.29, 0.717) is 5.57 Å². The van der Waals surface area contributed by atoms with Gasteiger partial charge in [0.2, 0.25) is 5.29 Å². The van der Waals surface area contributed by atoms with Crippen molar-refractivity contribution in [2.24, 2.45) is 9.98 Å². The van der Waals surface area contributed by atoms with Gasteiger partial charge in [-0.3, -0.25) is 0 Å². The summed E-state index contributed by atoms with van der Waals surface area (Å²) in [4.78, 5) is 7.12. The Bertz CT molecular complexity index is 636. The Morgan fingerprint density at radius 2 is 1.74 bits per heavy atom. The number of aliphatic imine (C=N–C) groups is 2. The van der Waals surface area contributed by atoms with E-state index in [9.17, 15) is 8.78 Å². The summed E-state index contributed by atoms with van der Waals surface area (Å²) in [7, 11) is 2.53. The van der Waals surface area contributed by atoms with Gasteiger partial charge in [0, 0.05) is 12.6 Å². The van der Waals surface area contributed by atoms with E-state index in [1.165, 1.54) is 14.2 Å². The van der Waals surface area contributed by atoms with Crippen LogP contribution in [-0.4, -0.2) is 32.8 Å². The first-order valence-corrected chi connectivity index (χ1v) is 7.01. The van der Waals surface area contributed by atoms with Crippen molar-refractivity contribution in [2.45, 2.75) is 6.92 Å². The maximum absolute atomic E-state index is 14.2. The van der Waals surface area contributed by atoms with Crippen LogP contribution in [0.2, 0.25) is 0 Å². The molecule has 0 bridgehead atoms. The number of methoxy groups -OCH3 is 2. The summed E-state index contributed by atoms with van der Waals surface area (Å²) in [5.74, 6) is -2.08. The summed E-state index contributed by atoms with van der Waals surface area (Å²) in [6.07, 6.45) is 0. The van der Waals surface area contributed by atoms with Gasteiger partial charge in [-0.05, 0) is 30.8 Å². The first-order valence-electron chi connectivity index (χ1n) is 6.25. The molecule has 1 aromatic carbocycles. The zero-order valence-electron chi connectivity index (χ0n) is 12.7. The molecule has 1 aromatic rings. The van der Waals surface area contributed by atoms with Gasteiger partial charge in [-0.15, -0.1) is 0 Å². The summed E-state index contributed by atoms with van der Waals surface area (Å²) in [6, 6.07) is 1.12. The van der Waals surface area contributed by atoms with Crippen molar-refractivity contribution in [3.05, 3.63) is 28.4 Å². The number of halogens is 4. The SMILES string of the molecule is C=N/C(Cl)=N\C(Cl)=C(/C)CNc1c(F)c(OC)cc(OC)c1F.